The number of aromatic nitrogens is 2. The molecule has 0 aliphatic heterocycles. The van der Waals surface area contributed by atoms with Crippen molar-refractivity contribution in [3.63, 3.8) is 0 Å². The van der Waals surface area contributed by atoms with Crippen LogP contribution in [0.5, 0.6) is 23.0 Å². The summed E-state index contributed by atoms with van der Waals surface area (Å²) < 4.78 is 22.1. The lowest BCUT2D eigenvalue weighted by Crippen LogP contribution is -2.26. The SMILES string of the molecule is COc1ccc(C(=O)Cn2nc(-c3ccc(OC)c(OC)c3)ccc2=O)cc1OC. The Bertz CT molecular complexity index is 1120. The molecule has 0 amide bonds. The minimum absolute atomic E-state index is 0.213. The number of methoxy groups -OCH3 is 4. The van der Waals surface area contributed by atoms with E-state index in [1.54, 1.807) is 49.6 Å². The van der Waals surface area contributed by atoms with Crippen LogP contribution in [0, 0.1) is 0 Å². The van der Waals surface area contributed by atoms with E-state index in [0.29, 0.717) is 34.3 Å². The van der Waals surface area contributed by atoms with Gasteiger partial charge in [0, 0.05) is 17.2 Å². The maximum absolute atomic E-state index is 12.7. The summed E-state index contributed by atoms with van der Waals surface area (Å²) in [4.78, 5) is 25.0. The lowest BCUT2D eigenvalue weighted by molar-refractivity contribution is 0.0965. The number of rotatable bonds is 8. The smallest absolute Gasteiger partial charge is 0.267 e. The molecule has 0 saturated heterocycles. The van der Waals surface area contributed by atoms with E-state index in [-0.39, 0.29) is 17.9 Å². The molecule has 0 unspecified atom stereocenters. The standard InChI is InChI=1S/C22H22N2O6/c1-27-18-8-5-14(11-20(18)29-3)16-7-10-22(26)24(23-16)13-17(25)15-6-9-19(28-2)21(12-15)30-4/h5-12H,13H2,1-4H3. The third-order valence-corrected chi connectivity index (χ3v) is 4.54. The largest absolute Gasteiger partial charge is 0.493 e. The van der Waals surface area contributed by atoms with Gasteiger partial charge in [-0.05, 0) is 42.5 Å². The van der Waals surface area contributed by atoms with Crippen LogP contribution in [0.15, 0.2) is 53.3 Å². The topological polar surface area (TPSA) is 88.9 Å². The Hall–Kier alpha value is -3.81. The second-order valence-electron chi connectivity index (χ2n) is 6.28. The zero-order chi connectivity index (χ0) is 21.7. The van der Waals surface area contributed by atoms with Crippen LogP contribution in [-0.2, 0) is 6.54 Å². The van der Waals surface area contributed by atoms with E-state index in [2.05, 4.69) is 5.10 Å². The summed E-state index contributed by atoms with van der Waals surface area (Å²) in [6.45, 7) is -0.213. The first-order chi connectivity index (χ1) is 14.5. The van der Waals surface area contributed by atoms with Crippen molar-refractivity contribution in [3.05, 3.63) is 64.4 Å². The highest BCUT2D eigenvalue weighted by molar-refractivity contribution is 5.96. The highest BCUT2D eigenvalue weighted by Gasteiger charge is 2.14. The minimum Gasteiger partial charge on any atom is -0.493 e. The number of ether oxygens (including phenoxy) is 4. The number of ketones is 1. The Morgan fingerprint density at radius 1 is 0.800 bits per heavy atom. The molecule has 0 bridgehead atoms. The van der Waals surface area contributed by atoms with Crippen molar-refractivity contribution in [1.29, 1.82) is 0 Å². The van der Waals surface area contributed by atoms with Crippen molar-refractivity contribution < 1.29 is 23.7 Å². The maximum Gasteiger partial charge on any atom is 0.267 e. The molecule has 0 aliphatic carbocycles. The molecule has 0 N–H and O–H groups in total. The summed E-state index contributed by atoms with van der Waals surface area (Å²) in [5.74, 6) is 1.78. The highest BCUT2D eigenvalue weighted by Crippen LogP contribution is 2.31. The van der Waals surface area contributed by atoms with Gasteiger partial charge in [0.15, 0.2) is 28.8 Å². The second-order valence-corrected chi connectivity index (χ2v) is 6.28. The van der Waals surface area contributed by atoms with Gasteiger partial charge in [-0.25, -0.2) is 4.68 Å². The van der Waals surface area contributed by atoms with Gasteiger partial charge in [0.2, 0.25) is 0 Å². The van der Waals surface area contributed by atoms with E-state index >= 15 is 0 Å². The molecule has 1 heterocycles. The van der Waals surface area contributed by atoms with Gasteiger partial charge < -0.3 is 18.9 Å². The molecule has 156 valence electrons. The normalized spacial score (nSPS) is 10.4. The summed E-state index contributed by atoms with van der Waals surface area (Å²) in [6, 6.07) is 13.1. The van der Waals surface area contributed by atoms with E-state index < -0.39 is 0 Å². The molecular formula is C22H22N2O6. The minimum atomic E-state index is -0.381. The predicted octanol–water partition coefficient (Wildman–Crippen LogP) is 2.83. The Kier molecular flexibility index (Phi) is 6.36. The summed E-state index contributed by atoms with van der Waals surface area (Å²) in [5.41, 5.74) is 1.25. The zero-order valence-corrected chi connectivity index (χ0v) is 17.2. The Morgan fingerprint density at radius 3 is 2.03 bits per heavy atom. The maximum atomic E-state index is 12.7. The lowest BCUT2D eigenvalue weighted by Gasteiger charge is -2.11. The number of carbonyl (C=O) groups is 1. The number of benzene rings is 2. The van der Waals surface area contributed by atoms with Crippen LogP contribution in [0.25, 0.3) is 11.3 Å². The van der Waals surface area contributed by atoms with E-state index in [1.807, 2.05) is 0 Å². The molecule has 8 heteroatoms. The van der Waals surface area contributed by atoms with Crippen molar-refractivity contribution >= 4 is 5.78 Å². The Balaban J connectivity index is 1.91. The molecule has 2 aromatic carbocycles. The van der Waals surface area contributed by atoms with Crippen LogP contribution in [0.1, 0.15) is 10.4 Å². The Morgan fingerprint density at radius 2 is 1.40 bits per heavy atom. The molecule has 0 fully saturated rings. The molecule has 0 saturated carbocycles. The molecule has 30 heavy (non-hydrogen) atoms. The fourth-order valence-electron chi connectivity index (χ4n) is 2.95. The van der Waals surface area contributed by atoms with E-state index in [0.717, 1.165) is 10.2 Å². The average molecular weight is 410 g/mol. The van der Waals surface area contributed by atoms with Gasteiger partial charge in [0.25, 0.3) is 5.56 Å². The van der Waals surface area contributed by atoms with Crippen LogP contribution in [0.4, 0.5) is 0 Å². The van der Waals surface area contributed by atoms with Crippen LogP contribution < -0.4 is 24.5 Å². The summed E-state index contributed by atoms with van der Waals surface area (Å²) in [5, 5.41) is 4.35. The fraction of sp³-hybridized carbons (Fsp3) is 0.227. The number of Topliss-reactive ketones (excluding diaryl/α,β-unsaturated/α-hetero) is 1. The van der Waals surface area contributed by atoms with Crippen LogP contribution in [0.2, 0.25) is 0 Å². The molecule has 0 spiro atoms. The third-order valence-electron chi connectivity index (χ3n) is 4.54. The van der Waals surface area contributed by atoms with Crippen LogP contribution in [0.3, 0.4) is 0 Å². The number of carbonyl (C=O) groups excluding carboxylic acids is 1. The van der Waals surface area contributed by atoms with E-state index in [4.69, 9.17) is 18.9 Å². The van der Waals surface area contributed by atoms with Gasteiger partial charge in [-0.3, -0.25) is 9.59 Å². The van der Waals surface area contributed by atoms with Gasteiger partial charge >= 0.3 is 0 Å². The number of hydrogen-bond acceptors (Lipinski definition) is 7. The quantitative estimate of drug-likeness (QED) is 0.528. The average Bonchev–Trinajstić information content (AvgIpc) is 2.79. The predicted molar refractivity (Wildman–Crippen MR) is 111 cm³/mol. The van der Waals surface area contributed by atoms with Crippen LogP contribution >= 0.6 is 0 Å². The van der Waals surface area contributed by atoms with Crippen molar-refractivity contribution in [2.24, 2.45) is 0 Å². The highest BCUT2D eigenvalue weighted by atomic mass is 16.5. The van der Waals surface area contributed by atoms with E-state index in [9.17, 15) is 9.59 Å². The first-order valence-corrected chi connectivity index (χ1v) is 9.06. The molecule has 0 atom stereocenters. The molecular weight excluding hydrogens is 388 g/mol. The third kappa shape index (κ3) is 4.27. The van der Waals surface area contributed by atoms with Crippen molar-refractivity contribution in [3.8, 4) is 34.3 Å². The van der Waals surface area contributed by atoms with Gasteiger partial charge in [-0.1, -0.05) is 0 Å². The van der Waals surface area contributed by atoms with E-state index in [1.165, 1.54) is 27.4 Å². The first-order valence-electron chi connectivity index (χ1n) is 9.06. The van der Waals surface area contributed by atoms with Gasteiger partial charge in [0.05, 0.1) is 34.1 Å². The van der Waals surface area contributed by atoms with Crippen LogP contribution in [-0.4, -0.2) is 44.0 Å². The molecule has 3 rings (SSSR count). The number of nitrogens with zero attached hydrogens (tertiary/aromatic N) is 2. The first kappa shape index (κ1) is 20.9. The van der Waals surface area contributed by atoms with Gasteiger partial charge in [-0.2, -0.15) is 5.10 Å². The molecule has 3 aromatic rings. The van der Waals surface area contributed by atoms with Crippen molar-refractivity contribution in [2.45, 2.75) is 6.54 Å². The van der Waals surface area contributed by atoms with Crippen molar-refractivity contribution in [1.82, 2.24) is 9.78 Å². The zero-order valence-electron chi connectivity index (χ0n) is 17.2. The molecule has 8 nitrogen and oxygen atoms in total. The summed E-state index contributed by atoms with van der Waals surface area (Å²) in [7, 11) is 6.10. The Labute approximate surface area is 173 Å². The lowest BCUT2D eigenvalue weighted by atomic mass is 10.1. The van der Waals surface area contributed by atoms with Crippen molar-refractivity contribution in [2.75, 3.05) is 28.4 Å². The summed E-state index contributed by atoms with van der Waals surface area (Å²) >= 11 is 0. The molecule has 0 aliphatic rings. The summed E-state index contributed by atoms with van der Waals surface area (Å²) in [6.07, 6.45) is 0. The fourth-order valence-corrected chi connectivity index (χ4v) is 2.95. The molecule has 0 radical (unpaired) electrons. The van der Waals surface area contributed by atoms with Gasteiger partial charge in [-0.15, -0.1) is 0 Å². The molecule has 1 aromatic heterocycles. The monoisotopic (exact) mass is 410 g/mol. The second kappa shape index (κ2) is 9.13. The van der Waals surface area contributed by atoms with Gasteiger partial charge in [0.1, 0.15) is 6.54 Å². The number of hydrogen-bond donors (Lipinski definition) is 0.